The fraction of sp³-hybridized carbons (Fsp3) is 0.941. The van der Waals surface area contributed by atoms with Crippen molar-refractivity contribution in [2.45, 2.75) is 51.4 Å². The van der Waals surface area contributed by atoms with Crippen molar-refractivity contribution in [2.24, 2.45) is 11.8 Å². The van der Waals surface area contributed by atoms with E-state index in [1.807, 2.05) is 7.05 Å². The maximum Gasteiger partial charge on any atom is 0.234 e. The second-order valence-electron chi connectivity index (χ2n) is 6.92. The Kier molecular flexibility index (Phi) is 7.51. The van der Waals surface area contributed by atoms with Crippen LogP contribution in [0.4, 0.5) is 0 Å². The quantitative estimate of drug-likeness (QED) is 0.755. The predicted molar refractivity (Wildman–Crippen MR) is 87.3 cm³/mol. The van der Waals surface area contributed by atoms with E-state index in [4.69, 9.17) is 0 Å². The lowest BCUT2D eigenvalue weighted by molar-refractivity contribution is -0.122. The number of hydrogen-bond acceptors (Lipinski definition) is 3. The molecule has 1 aliphatic carbocycles. The van der Waals surface area contributed by atoms with Crippen molar-refractivity contribution in [1.82, 2.24) is 15.5 Å². The molecule has 122 valence electrons. The molecule has 1 aliphatic heterocycles. The molecule has 2 N–H and O–H groups in total. The van der Waals surface area contributed by atoms with E-state index in [0.29, 0.717) is 6.54 Å². The van der Waals surface area contributed by atoms with E-state index in [-0.39, 0.29) is 5.91 Å². The van der Waals surface area contributed by atoms with Crippen LogP contribution in [0.2, 0.25) is 0 Å². The van der Waals surface area contributed by atoms with Crippen molar-refractivity contribution in [1.29, 1.82) is 0 Å². The fourth-order valence-corrected chi connectivity index (χ4v) is 3.69. The van der Waals surface area contributed by atoms with Crippen molar-refractivity contribution in [3.8, 4) is 0 Å². The third-order valence-corrected chi connectivity index (χ3v) is 5.19. The Morgan fingerprint density at radius 2 is 1.76 bits per heavy atom. The smallest absolute Gasteiger partial charge is 0.234 e. The molecule has 2 rings (SSSR count). The highest BCUT2D eigenvalue weighted by Gasteiger charge is 2.21. The van der Waals surface area contributed by atoms with Gasteiger partial charge in [-0.2, -0.15) is 0 Å². The summed E-state index contributed by atoms with van der Waals surface area (Å²) in [6, 6.07) is 0. The number of rotatable bonds is 7. The SMILES string of the molecule is CNCCC1CCN(CC(=O)NCC2CCCCC2)CC1. The highest BCUT2D eigenvalue weighted by molar-refractivity contribution is 5.78. The Bertz CT molecular complexity index is 294. The van der Waals surface area contributed by atoms with Gasteiger partial charge in [-0.05, 0) is 70.6 Å². The van der Waals surface area contributed by atoms with Crippen molar-refractivity contribution >= 4 is 5.91 Å². The van der Waals surface area contributed by atoms with Gasteiger partial charge in [-0.15, -0.1) is 0 Å². The lowest BCUT2D eigenvalue weighted by atomic mass is 9.89. The van der Waals surface area contributed by atoms with Crippen molar-refractivity contribution in [2.75, 3.05) is 39.8 Å². The summed E-state index contributed by atoms with van der Waals surface area (Å²) in [5.74, 6) is 1.81. The molecule has 1 saturated carbocycles. The van der Waals surface area contributed by atoms with Crippen molar-refractivity contribution in [3.63, 3.8) is 0 Å². The third-order valence-electron chi connectivity index (χ3n) is 5.19. The summed E-state index contributed by atoms with van der Waals surface area (Å²) >= 11 is 0. The van der Waals surface area contributed by atoms with Gasteiger partial charge in [-0.3, -0.25) is 9.69 Å². The second-order valence-corrected chi connectivity index (χ2v) is 6.92. The predicted octanol–water partition coefficient (Wildman–Crippen LogP) is 2.00. The molecule has 2 fully saturated rings. The summed E-state index contributed by atoms with van der Waals surface area (Å²) in [4.78, 5) is 14.4. The number of nitrogens with one attached hydrogen (secondary N) is 2. The molecule has 1 heterocycles. The van der Waals surface area contributed by atoms with Gasteiger partial charge in [0.25, 0.3) is 0 Å². The van der Waals surface area contributed by atoms with Crippen LogP contribution in [0.3, 0.4) is 0 Å². The van der Waals surface area contributed by atoms with Gasteiger partial charge in [0.1, 0.15) is 0 Å². The first-order valence-corrected chi connectivity index (χ1v) is 8.91. The summed E-state index contributed by atoms with van der Waals surface area (Å²) in [6.07, 6.45) is 10.5. The molecule has 0 atom stereocenters. The molecule has 0 bridgehead atoms. The molecule has 0 aromatic rings. The number of amides is 1. The molecule has 2 aliphatic rings. The molecule has 1 saturated heterocycles. The number of hydrogen-bond donors (Lipinski definition) is 2. The average molecular weight is 295 g/mol. The first kappa shape index (κ1) is 16.8. The number of carbonyl (C=O) groups excluding carboxylic acids is 1. The van der Waals surface area contributed by atoms with Gasteiger partial charge in [-0.1, -0.05) is 19.3 Å². The standard InChI is InChI=1S/C17H33N3O/c1-18-10-7-15-8-11-20(12-9-15)14-17(21)19-13-16-5-3-2-4-6-16/h15-16,18H,2-14H2,1H3,(H,19,21). The Morgan fingerprint density at radius 3 is 2.43 bits per heavy atom. The normalized spacial score (nSPS) is 22.3. The minimum Gasteiger partial charge on any atom is -0.355 e. The zero-order valence-corrected chi connectivity index (χ0v) is 13.7. The minimum absolute atomic E-state index is 0.231. The van der Waals surface area contributed by atoms with E-state index in [2.05, 4.69) is 15.5 Å². The van der Waals surface area contributed by atoms with Gasteiger partial charge < -0.3 is 10.6 Å². The Balaban J connectivity index is 1.56. The molecule has 0 spiro atoms. The van der Waals surface area contributed by atoms with Crippen LogP contribution in [0.15, 0.2) is 0 Å². The van der Waals surface area contributed by atoms with Gasteiger partial charge in [0.05, 0.1) is 6.54 Å². The molecule has 0 aromatic carbocycles. The van der Waals surface area contributed by atoms with Crippen LogP contribution in [0, 0.1) is 11.8 Å². The van der Waals surface area contributed by atoms with Gasteiger partial charge in [0.2, 0.25) is 5.91 Å². The molecule has 4 heteroatoms. The summed E-state index contributed by atoms with van der Waals surface area (Å²) < 4.78 is 0. The molecule has 0 unspecified atom stereocenters. The number of piperidine rings is 1. The first-order valence-electron chi connectivity index (χ1n) is 8.91. The van der Waals surface area contributed by atoms with Crippen molar-refractivity contribution in [3.05, 3.63) is 0 Å². The third kappa shape index (κ3) is 6.35. The summed E-state index contributed by atoms with van der Waals surface area (Å²) in [5, 5.41) is 6.38. The lowest BCUT2D eigenvalue weighted by Gasteiger charge is -2.31. The molecule has 4 nitrogen and oxygen atoms in total. The Hall–Kier alpha value is -0.610. The van der Waals surface area contributed by atoms with Gasteiger partial charge in [-0.25, -0.2) is 0 Å². The molecule has 21 heavy (non-hydrogen) atoms. The average Bonchev–Trinajstić information content (AvgIpc) is 2.53. The Labute approximate surface area is 130 Å². The largest absolute Gasteiger partial charge is 0.355 e. The molecule has 0 aromatic heterocycles. The van der Waals surface area contributed by atoms with E-state index in [9.17, 15) is 4.79 Å². The highest BCUT2D eigenvalue weighted by atomic mass is 16.2. The number of nitrogens with zero attached hydrogens (tertiary/aromatic N) is 1. The monoisotopic (exact) mass is 295 g/mol. The second kappa shape index (κ2) is 9.42. The lowest BCUT2D eigenvalue weighted by Crippen LogP contribution is -2.43. The zero-order valence-electron chi connectivity index (χ0n) is 13.7. The molecule has 1 amide bonds. The fourth-order valence-electron chi connectivity index (χ4n) is 3.69. The molecule has 0 radical (unpaired) electrons. The van der Waals surface area contributed by atoms with Gasteiger partial charge in [0.15, 0.2) is 0 Å². The molecular weight excluding hydrogens is 262 g/mol. The number of likely N-dealkylation sites (tertiary alicyclic amines) is 1. The van der Waals surface area contributed by atoms with E-state index >= 15 is 0 Å². The summed E-state index contributed by atoms with van der Waals surface area (Å²) in [7, 11) is 2.02. The van der Waals surface area contributed by atoms with E-state index in [1.54, 1.807) is 0 Å². The zero-order chi connectivity index (χ0) is 14.9. The topological polar surface area (TPSA) is 44.4 Å². The van der Waals surface area contributed by atoms with Gasteiger partial charge in [0, 0.05) is 6.54 Å². The van der Waals surface area contributed by atoms with Crippen LogP contribution in [0.5, 0.6) is 0 Å². The van der Waals surface area contributed by atoms with Crippen LogP contribution < -0.4 is 10.6 Å². The van der Waals surface area contributed by atoms with E-state index in [1.165, 1.54) is 51.4 Å². The van der Waals surface area contributed by atoms with Crippen LogP contribution in [0.1, 0.15) is 51.4 Å². The van der Waals surface area contributed by atoms with Crippen molar-refractivity contribution < 1.29 is 4.79 Å². The first-order chi connectivity index (χ1) is 10.3. The number of carbonyl (C=O) groups is 1. The maximum absolute atomic E-state index is 12.0. The van der Waals surface area contributed by atoms with Crippen LogP contribution in [0.25, 0.3) is 0 Å². The molecular formula is C17H33N3O. The van der Waals surface area contributed by atoms with Crippen LogP contribution in [-0.4, -0.2) is 50.6 Å². The van der Waals surface area contributed by atoms with E-state index < -0.39 is 0 Å². The van der Waals surface area contributed by atoms with E-state index in [0.717, 1.165) is 38.0 Å². The summed E-state index contributed by atoms with van der Waals surface area (Å²) in [6.45, 7) is 4.80. The van der Waals surface area contributed by atoms with Crippen LogP contribution in [-0.2, 0) is 4.79 Å². The van der Waals surface area contributed by atoms with Gasteiger partial charge >= 0.3 is 0 Å². The van der Waals surface area contributed by atoms with Crippen LogP contribution >= 0.6 is 0 Å². The summed E-state index contributed by atoms with van der Waals surface area (Å²) in [5.41, 5.74) is 0. The minimum atomic E-state index is 0.231. The Morgan fingerprint density at radius 1 is 1.05 bits per heavy atom. The maximum atomic E-state index is 12.0. The highest BCUT2D eigenvalue weighted by Crippen LogP contribution is 2.23.